The third kappa shape index (κ3) is 5.16. The molecular formula is C18H18N4O3S3. The molecule has 10 heteroatoms. The maximum atomic E-state index is 12.3. The van der Waals surface area contributed by atoms with E-state index in [0.29, 0.717) is 20.9 Å². The van der Waals surface area contributed by atoms with Crippen LogP contribution in [0.1, 0.15) is 18.3 Å². The lowest BCUT2D eigenvalue weighted by atomic mass is 10.1. The second kappa shape index (κ2) is 9.28. The molecule has 2 amide bonds. The molecule has 0 aliphatic heterocycles. The highest BCUT2D eigenvalue weighted by Gasteiger charge is 2.17. The van der Waals surface area contributed by atoms with Crippen molar-refractivity contribution in [3.8, 4) is 10.4 Å². The number of benzene rings is 1. The van der Waals surface area contributed by atoms with Gasteiger partial charge in [-0.25, -0.2) is 9.97 Å². The molecule has 0 radical (unpaired) electrons. The molecule has 3 rings (SSSR count). The highest BCUT2D eigenvalue weighted by molar-refractivity contribution is 8.02. The SMILES string of the molecule is CC(Sc1nc(CC(=O)Nc2nc(CO)c(-c3ccccc3)s2)cs1)C(N)=O. The van der Waals surface area contributed by atoms with Crippen LogP contribution in [0.5, 0.6) is 0 Å². The minimum absolute atomic E-state index is 0.0940. The molecule has 0 fully saturated rings. The van der Waals surface area contributed by atoms with Crippen molar-refractivity contribution < 1.29 is 14.7 Å². The summed E-state index contributed by atoms with van der Waals surface area (Å²) in [5.74, 6) is -0.653. The third-order valence-corrected chi connectivity index (χ3v) is 6.88. The van der Waals surface area contributed by atoms with Crippen LogP contribution in [0.2, 0.25) is 0 Å². The summed E-state index contributed by atoms with van der Waals surface area (Å²) in [4.78, 5) is 33.0. The Kier molecular flexibility index (Phi) is 6.79. The zero-order chi connectivity index (χ0) is 20.1. The quantitative estimate of drug-likeness (QED) is 0.469. The first-order valence-electron chi connectivity index (χ1n) is 8.32. The van der Waals surface area contributed by atoms with E-state index in [0.717, 1.165) is 10.4 Å². The normalized spacial score (nSPS) is 11.9. The number of aliphatic hydroxyl groups excluding tert-OH is 1. The van der Waals surface area contributed by atoms with E-state index in [2.05, 4.69) is 15.3 Å². The fourth-order valence-electron chi connectivity index (χ4n) is 2.29. The summed E-state index contributed by atoms with van der Waals surface area (Å²) < 4.78 is 0.692. The van der Waals surface area contributed by atoms with Gasteiger partial charge < -0.3 is 16.2 Å². The maximum absolute atomic E-state index is 12.3. The standard InChI is InChI=1S/C18H18N4O3S3/c1-10(16(19)25)27-18-20-12(9-26-18)7-14(24)22-17-21-13(8-23)15(28-17)11-5-3-2-4-6-11/h2-6,9-10,23H,7-8H2,1H3,(H2,19,25)(H,21,22,24). The molecule has 146 valence electrons. The van der Waals surface area contributed by atoms with Gasteiger partial charge in [0.15, 0.2) is 9.47 Å². The van der Waals surface area contributed by atoms with Crippen LogP contribution >= 0.6 is 34.4 Å². The van der Waals surface area contributed by atoms with Crippen molar-refractivity contribution >= 4 is 51.4 Å². The van der Waals surface area contributed by atoms with Crippen LogP contribution < -0.4 is 11.1 Å². The van der Waals surface area contributed by atoms with Crippen molar-refractivity contribution in [3.63, 3.8) is 0 Å². The Hall–Kier alpha value is -2.27. The van der Waals surface area contributed by atoms with Gasteiger partial charge in [0, 0.05) is 5.38 Å². The highest BCUT2D eigenvalue weighted by atomic mass is 32.2. The minimum Gasteiger partial charge on any atom is -0.390 e. The fourth-order valence-corrected chi connectivity index (χ4v) is 5.22. The summed E-state index contributed by atoms with van der Waals surface area (Å²) >= 11 is 3.96. The average molecular weight is 435 g/mol. The largest absolute Gasteiger partial charge is 0.390 e. The number of thioether (sulfide) groups is 1. The number of nitrogens with zero attached hydrogens (tertiary/aromatic N) is 2. The van der Waals surface area contributed by atoms with Crippen LogP contribution in [0.15, 0.2) is 40.1 Å². The number of aliphatic hydroxyl groups is 1. The van der Waals surface area contributed by atoms with E-state index in [-0.39, 0.29) is 24.2 Å². The number of primary amides is 1. The maximum Gasteiger partial charge on any atom is 0.232 e. The first kappa shape index (κ1) is 20.5. The number of amides is 2. The van der Waals surface area contributed by atoms with Crippen LogP contribution in [0.25, 0.3) is 10.4 Å². The summed E-state index contributed by atoms with van der Waals surface area (Å²) in [6, 6.07) is 9.59. The predicted molar refractivity (Wildman–Crippen MR) is 112 cm³/mol. The zero-order valence-corrected chi connectivity index (χ0v) is 17.4. The molecule has 0 aliphatic carbocycles. The number of hydrogen-bond acceptors (Lipinski definition) is 8. The summed E-state index contributed by atoms with van der Waals surface area (Å²) in [7, 11) is 0. The van der Waals surface area contributed by atoms with Crippen molar-refractivity contribution in [2.75, 3.05) is 5.32 Å². The Balaban J connectivity index is 1.65. The van der Waals surface area contributed by atoms with E-state index in [1.54, 1.807) is 12.3 Å². The lowest BCUT2D eigenvalue weighted by molar-refractivity contribution is -0.117. The third-order valence-electron chi connectivity index (χ3n) is 3.68. The summed E-state index contributed by atoms with van der Waals surface area (Å²) in [6.07, 6.45) is 0.0940. The molecule has 0 saturated carbocycles. The van der Waals surface area contributed by atoms with Crippen LogP contribution in [-0.2, 0) is 22.6 Å². The number of rotatable bonds is 8. The number of thiazole rings is 2. The number of anilines is 1. The molecule has 7 nitrogen and oxygen atoms in total. The smallest absolute Gasteiger partial charge is 0.232 e. The first-order chi connectivity index (χ1) is 13.5. The average Bonchev–Trinajstić information content (AvgIpc) is 3.28. The molecular weight excluding hydrogens is 416 g/mol. The Bertz CT molecular complexity index is 972. The van der Waals surface area contributed by atoms with E-state index in [4.69, 9.17) is 5.73 Å². The van der Waals surface area contributed by atoms with Gasteiger partial charge >= 0.3 is 0 Å². The van der Waals surface area contributed by atoms with Gasteiger partial charge in [-0.2, -0.15) is 0 Å². The van der Waals surface area contributed by atoms with Crippen LogP contribution in [0.4, 0.5) is 5.13 Å². The van der Waals surface area contributed by atoms with Gasteiger partial charge in [-0.1, -0.05) is 53.4 Å². The molecule has 4 N–H and O–H groups in total. The van der Waals surface area contributed by atoms with E-state index >= 15 is 0 Å². The van der Waals surface area contributed by atoms with Crippen molar-refractivity contribution in [2.24, 2.45) is 5.73 Å². The highest BCUT2D eigenvalue weighted by Crippen LogP contribution is 2.33. The molecule has 2 heterocycles. The Morgan fingerprint density at radius 2 is 2.04 bits per heavy atom. The molecule has 28 heavy (non-hydrogen) atoms. The van der Waals surface area contributed by atoms with Crippen LogP contribution in [-0.4, -0.2) is 32.1 Å². The summed E-state index contributed by atoms with van der Waals surface area (Å²) in [5.41, 5.74) is 7.34. The summed E-state index contributed by atoms with van der Waals surface area (Å²) in [6.45, 7) is 1.51. The fraction of sp³-hybridized carbons (Fsp3) is 0.222. The predicted octanol–water partition coefficient (Wildman–Crippen LogP) is 2.91. The van der Waals surface area contributed by atoms with E-state index in [1.807, 2.05) is 30.3 Å². The number of aromatic nitrogens is 2. The second-order valence-electron chi connectivity index (χ2n) is 5.81. The minimum atomic E-state index is -0.405. The van der Waals surface area contributed by atoms with Crippen molar-refractivity contribution in [3.05, 3.63) is 47.1 Å². The number of nitrogens with one attached hydrogen (secondary N) is 1. The Morgan fingerprint density at radius 3 is 2.71 bits per heavy atom. The molecule has 0 spiro atoms. The Morgan fingerprint density at radius 1 is 1.29 bits per heavy atom. The lowest BCUT2D eigenvalue weighted by Gasteiger charge is -2.02. The second-order valence-corrected chi connectivity index (χ2v) is 9.26. The van der Waals surface area contributed by atoms with Gasteiger partial charge in [-0.05, 0) is 12.5 Å². The van der Waals surface area contributed by atoms with Gasteiger partial charge in [0.05, 0.1) is 34.5 Å². The first-order valence-corrected chi connectivity index (χ1v) is 10.9. The molecule has 1 unspecified atom stereocenters. The molecule has 1 atom stereocenters. The number of carbonyl (C=O) groups is 2. The van der Waals surface area contributed by atoms with E-state index in [9.17, 15) is 14.7 Å². The van der Waals surface area contributed by atoms with Gasteiger partial charge in [-0.3, -0.25) is 9.59 Å². The molecule has 0 aliphatic rings. The van der Waals surface area contributed by atoms with Gasteiger partial charge in [0.1, 0.15) is 0 Å². The summed E-state index contributed by atoms with van der Waals surface area (Å²) in [5, 5.41) is 14.2. The lowest BCUT2D eigenvalue weighted by Crippen LogP contribution is -2.22. The molecule has 2 aromatic heterocycles. The van der Waals surface area contributed by atoms with Gasteiger partial charge in [-0.15, -0.1) is 11.3 Å². The molecule has 0 bridgehead atoms. The number of nitrogens with two attached hydrogens (primary N) is 1. The van der Waals surface area contributed by atoms with Gasteiger partial charge in [0.25, 0.3) is 0 Å². The van der Waals surface area contributed by atoms with Crippen molar-refractivity contribution in [1.29, 1.82) is 0 Å². The monoisotopic (exact) mass is 434 g/mol. The van der Waals surface area contributed by atoms with Gasteiger partial charge in [0.2, 0.25) is 11.8 Å². The molecule has 0 saturated heterocycles. The zero-order valence-electron chi connectivity index (χ0n) is 14.9. The number of hydrogen-bond donors (Lipinski definition) is 3. The molecule has 1 aromatic carbocycles. The van der Waals surface area contributed by atoms with Crippen molar-refractivity contribution in [2.45, 2.75) is 29.5 Å². The molecule has 3 aromatic rings. The van der Waals surface area contributed by atoms with Crippen LogP contribution in [0.3, 0.4) is 0 Å². The van der Waals surface area contributed by atoms with E-state index < -0.39 is 5.91 Å². The topological polar surface area (TPSA) is 118 Å². The Labute approximate surface area is 174 Å². The van der Waals surface area contributed by atoms with Crippen molar-refractivity contribution in [1.82, 2.24) is 9.97 Å². The van der Waals surface area contributed by atoms with E-state index in [1.165, 1.54) is 34.4 Å². The van der Waals surface area contributed by atoms with Crippen LogP contribution in [0, 0.1) is 0 Å². The number of carbonyl (C=O) groups excluding carboxylic acids is 2.